The molecule has 1 aliphatic heterocycles. The third kappa shape index (κ3) is 2.86. The van der Waals surface area contributed by atoms with Crippen molar-refractivity contribution in [2.45, 2.75) is 25.2 Å². The zero-order valence-electron chi connectivity index (χ0n) is 10.1. The van der Waals surface area contributed by atoms with Crippen molar-refractivity contribution in [1.29, 1.82) is 0 Å². The first-order valence-electron chi connectivity index (χ1n) is 6.07. The number of benzene rings is 1. The van der Waals surface area contributed by atoms with Crippen LogP contribution in [0.15, 0.2) is 30.3 Å². The minimum absolute atomic E-state index is 0.680. The maximum Gasteiger partial charge on any atom is 0.0233 e. The summed E-state index contributed by atoms with van der Waals surface area (Å²) in [7, 11) is 0. The highest BCUT2D eigenvalue weighted by Gasteiger charge is 2.29. The summed E-state index contributed by atoms with van der Waals surface area (Å²) >= 11 is 3.81. The number of alkyl halides is 1. The average molecular weight is 282 g/mol. The SMILES string of the molecule is CC1CN(Cc2ccccc2)CC(C)C1Br. The molecule has 0 radical (unpaired) electrons. The minimum atomic E-state index is 0.680. The van der Waals surface area contributed by atoms with Crippen molar-refractivity contribution in [2.75, 3.05) is 13.1 Å². The summed E-state index contributed by atoms with van der Waals surface area (Å²) < 4.78 is 0. The molecule has 1 aromatic rings. The molecule has 1 nitrogen and oxygen atoms in total. The monoisotopic (exact) mass is 281 g/mol. The molecular weight excluding hydrogens is 262 g/mol. The first-order valence-corrected chi connectivity index (χ1v) is 6.98. The molecule has 0 aromatic heterocycles. The highest BCUT2D eigenvalue weighted by atomic mass is 79.9. The Balaban J connectivity index is 1.97. The lowest BCUT2D eigenvalue weighted by Gasteiger charge is -2.38. The summed E-state index contributed by atoms with van der Waals surface area (Å²) in [6, 6.07) is 10.8. The van der Waals surface area contributed by atoms with Crippen molar-refractivity contribution < 1.29 is 0 Å². The van der Waals surface area contributed by atoms with Gasteiger partial charge in [-0.1, -0.05) is 60.1 Å². The number of hydrogen-bond donors (Lipinski definition) is 0. The summed E-state index contributed by atoms with van der Waals surface area (Å²) in [5.74, 6) is 1.49. The Hall–Kier alpha value is -0.340. The molecule has 1 heterocycles. The van der Waals surface area contributed by atoms with Crippen LogP contribution in [-0.2, 0) is 6.54 Å². The van der Waals surface area contributed by atoms with Crippen molar-refractivity contribution in [3.63, 3.8) is 0 Å². The van der Waals surface area contributed by atoms with Crippen LogP contribution in [0.5, 0.6) is 0 Å². The fourth-order valence-electron chi connectivity index (χ4n) is 2.62. The van der Waals surface area contributed by atoms with Crippen molar-refractivity contribution in [3.8, 4) is 0 Å². The molecule has 1 fully saturated rings. The van der Waals surface area contributed by atoms with Gasteiger partial charge in [0.05, 0.1) is 0 Å². The van der Waals surface area contributed by atoms with Crippen LogP contribution in [0.4, 0.5) is 0 Å². The quantitative estimate of drug-likeness (QED) is 0.750. The second kappa shape index (κ2) is 5.33. The van der Waals surface area contributed by atoms with E-state index in [4.69, 9.17) is 0 Å². The van der Waals surface area contributed by atoms with Gasteiger partial charge in [0, 0.05) is 24.5 Å². The Morgan fingerprint density at radius 2 is 1.69 bits per heavy atom. The van der Waals surface area contributed by atoms with Gasteiger partial charge in [-0.2, -0.15) is 0 Å². The molecular formula is C14H20BrN. The summed E-state index contributed by atoms with van der Waals surface area (Å²) in [6.45, 7) is 8.18. The Kier molecular flexibility index (Phi) is 4.04. The Morgan fingerprint density at radius 3 is 2.25 bits per heavy atom. The van der Waals surface area contributed by atoms with Crippen molar-refractivity contribution in [2.24, 2.45) is 11.8 Å². The Bertz CT molecular complexity index is 313. The maximum absolute atomic E-state index is 3.81. The lowest BCUT2D eigenvalue weighted by Crippen LogP contribution is -2.44. The zero-order valence-corrected chi connectivity index (χ0v) is 11.7. The van der Waals surface area contributed by atoms with Crippen LogP contribution in [0.25, 0.3) is 0 Å². The molecule has 2 rings (SSSR count). The number of hydrogen-bond acceptors (Lipinski definition) is 1. The van der Waals surface area contributed by atoms with Gasteiger partial charge in [0.2, 0.25) is 0 Å². The number of nitrogens with zero attached hydrogens (tertiary/aromatic N) is 1. The van der Waals surface area contributed by atoms with Crippen molar-refractivity contribution in [1.82, 2.24) is 4.90 Å². The fourth-order valence-corrected chi connectivity index (χ4v) is 2.96. The van der Waals surface area contributed by atoms with E-state index in [1.807, 2.05) is 0 Å². The van der Waals surface area contributed by atoms with Crippen LogP contribution in [0.3, 0.4) is 0 Å². The molecule has 2 atom stereocenters. The van der Waals surface area contributed by atoms with Crippen molar-refractivity contribution >= 4 is 15.9 Å². The predicted molar refractivity (Wildman–Crippen MR) is 72.8 cm³/mol. The molecule has 0 saturated carbocycles. The topological polar surface area (TPSA) is 3.24 Å². The maximum atomic E-state index is 3.81. The van der Waals surface area contributed by atoms with E-state index in [0.717, 1.165) is 18.4 Å². The smallest absolute Gasteiger partial charge is 0.0233 e. The van der Waals surface area contributed by atoms with E-state index in [2.05, 4.69) is 65.0 Å². The molecule has 0 spiro atoms. The van der Waals surface area contributed by atoms with Crippen LogP contribution in [0, 0.1) is 11.8 Å². The molecule has 88 valence electrons. The van der Waals surface area contributed by atoms with Crippen molar-refractivity contribution in [3.05, 3.63) is 35.9 Å². The first-order chi connectivity index (χ1) is 7.66. The van der Waals surface area contributed by atoms with Crippen LogP contribution in [0.2, 0.25) is 0 Å². The van der Waals surface area contributed by atoms with Gasteiger partial charge in [-0.25, -0.2) is 0 Å². The standard InChI is InChI=1S/C14H20BrN/c1-11-8-16(9-12(2)14(11)15)10-13-6-4-3-5-7-13/h3-7,11-12,14H,8-10H2,1-2H3. The second-order valence-corrected chi connectivity index (χ2v) is 6.14. The van der Waals surface area contributed by atoms with E-state index in [9.17, 15) is 0 Å². The molecule has 0 amide bonds. The third-order valence-electron chi connectivity index (χ3n) is 3.43. The van der Waals surface area contributed by atoms with Crippen LogP contribution in [0.1, 0.15) is 19.4 Å². The van der Waals surface area contributed by atoms with Gasteiger partial charge in [-0.05, 0) is 17.4 Å². The zero-order chi connectivity index (χ0) is 11.5. The molecule has 0 aliphatic carbocycles. The molecule has 16 heavy (non-hydrogen) atoms. The van der Waals surface area contributed by atoms with Gasteiger partial charge >= 0.3 is 0 Å². The van der Waals surface area contributed by atoms with Gasteiger partial charge in [-0.15, -0.1) is 0 Å². The van der Waals surface area contributed by atoms with E-state index >= 15 is 0 Å². The van der Waals surface area contributed by atoms with Gasteiger partial charge in [-0.3, -0.25) is 4.90 Å². The molecule has 0 bridgehead atoms. The lowest BCUT2D eigenvalue weighted by molar-refractivity contribution is 0.143. The Morgan fingerprint density at radius 1 is 1.12 bits per heavy atom. The average Bonchev–Trinajstić information content (AvgIpc) is 2.27. The molecule has 0 N–H and O–H groups in total. The minimum Gasteiger partial charge on any atom is -0.298 e. The number of rotatable bonds is 2. The Labute approximate surface area is 107 Å². The summed E-state index contributed by atoms with van der Waals surface area (Å²) in [4.78, 5) is 3.25. The largest absolute Gasteiger partial charge is 0.298 e. The van der Waals surface area contributed by atoms with Crippen LogP contribution in [-0.4, -0.2) is 22.8 Å². The molecule has 1 saturated heterocycles. The molecule has 2 heteroatoms. The number of halogens is 1. The lowest BCUT2D eigenvalue weighted by atomic mass is 9.91. The van der Waals surface area contributed by atoms with Gasteiger partial charge in [0.15, 0.2) is 0 Å². The van der Waals surface area contributed by atoms with E-state index < -0.39 is 0 Å². The highest BCUT2D eigenvalue weighted by molar-refractivity contribution is 9.09. The molecule has 1 aromatic carbocycles. The van der Waals surface area contributed by atoms with Gasteiger partial charge in [0.1, 0.15) is 0 Å². The summed E-state index contributed by atoms with van der Waals surface area (Å²) in [6.07, 6.45) is 0. The first kappa shape index (κ1) is 12.1. The van der Waals surface area contributed by atoms with E-state index in [-0.39, 0.29) is 0 Å². The van der Waals surface area contributed by atoms with Crippen LogP contribution >= 0.6 is 15.9 Å². The molecule has 2 unspecified atom stereocenters. The number of piperidine rings is 1. The van der Waals surface area contributed by atoms with E-state index in [1.54, 1.807) is 0 Å². The number of likely N-dealkylation sites (tertiary alicyclic amines) is 1. The normalized spacial score (nSPS) is 31.6. The van der Waals surface area contributed by atoms with E-state index in [1.165, 1.54) is 18.7 Å². The molecule has 1 aliphatic rings. The second-order valence-electron chi connectivity index (χ2n) is 5.08. The van der Waals surface area contributed by atoms with Gasteiger partial charge < -0.3 is 0 Å². The fraction of sp³-hybridized carbons (Fsp3) is 0.571. The van der Waals surface area contributed by atoms with E-state index in [0.29, 0.717) is 4.83 Å². The van der Waals surface area contributed by atoms with Crippen LogP contribution < -0.4 is 0 Å². The van der Waals surface area contributed by atoms with Gasteiger partial charge in [0.25, 0.3) is 0 Å². The predicted octanol–water partition coefficient (Wildman–Crippen LogP) is 3.54. The highest BCUT2D eigenvalue weighted by Crippen LogP contribution is 2.28. The summed E-state index contributed by atoms with van der Waals surface area (Å²) in [5.41, 5.74) is 1.43. The summed E-state index contributed by atoms with van der Waals surface area (Å²) in [5, 5.41) is 0. The third-order valence-corrected chi connectivity index (χ3v) is 5.23.